The van der Waals surface area contributed by atoms with Crippen molar-refractivity contribution >= 4 is 50.2 Å². The van der Waals surface area contributed by atoms with Crippen LogP contribution in [0.4, 0.5) is 5.13 Å². The van der Waals surface area contributed by atoms with Crippen molar-refractivity contribution in [3.63, 3.8) is 0 Å². The average Bonchev–Trinajstić information content (AvgIpc) is 3.51. The first-order chi connectivity index (χ1) is 17.9. The molecular weight excluding hydrogens is 512 g/mol. The second kappa shape index (κ2) is 12.2. The van der Waals surface area contributed by atoms with Gasteiger partial charge in [-0.2, -0.15) is 0 Å². The van der Waals surface area contributed by atoms with Crippen molar-refractivity contribution in [1.29, 1.82) is 0 Å². The van der Waals surface area contributed by atoms with Crippen molar-refractivity contribution < 1.29 is 14.3 Å². The number of hydrogen-bond acceptors (Lipinski definition) is 8. The van der Waals surface area contributed by atoms with E-state index in [9.17, 15) is 9.59 Å². The summed E-state index contributed by atoms with van der Waals surface area (Å²) in [7, 11) is 0. The van der Waals surface area contributed by atoms with Gasteiger partial charge in [-0.15, -0.1) is 0 Å². The number of rotatable bonds is 10. The van der Waals surface area contributed by atoms with Crippen LogP contribution in [-0.2, 0) is 11.2 Å². The van der Waals surface area contributed by atoms with E-state index < -0.39 is 0 Å². The van der Waals surface area contributed by atoms with Gasteiger partial charge in [-0.1, -0.05) is 49.8 Å². The molecule has 1 aliphatic rings. The molecular formula is C26H35ClN6O3S. The number of aromatic nitrogens is 3. The lowest BCUT2D eigenvalue weighted by atomic mass is 9.97. The van der Waals surface area contributed by atoms with Crippen molar-refractivity contribution in [2.24, 2.45) is 0 Å². The smallest absolute Gasteiger partial charge is 0.339 e. The molecule has 11 heteroatoms. The predicted octanol–water partition coefficient (Wildman–Crippen LogP) is 4.57. The molecule has 0 unspecified atom stereocenters. The SMILES string of the molecule is CCOC(=O)c1cccc2nc(N3CC[C@H](NC(=O)c4nc(Cl)c(CC)[nH]4)[C@H](NC(CC)CC)C3)sc12. The molecule has 1 aliphatic heterocycles. The first kappa shape index (κ1) is 27.3. The zero-order valence-corrected chi connectivity index (χ0v) is 23.3. The highest BCUT2D eigenvalue weighted by Crippen LogP contribution is 2.33. The minimum absolute atomic E-state index is 0.00946. The maximum absolute atomic E-state index is 13.0. The summed E-state index contributed by atoms with van der Waals surface area (Å²) in [6.07, 6.45) is 3.40. The number of halogens is 1. The van der Waals surface area contributed by atoms with Crippen LogP contribution in [0.2, 0.25) is 5.15 Å². The fraction of sp³-hybridized carbons (Fsp3) is 0.538. The van der Waals surface area contributed by atoms with Gasteiger partial charge in [0.1, 0.15) is 0 Å². The number of benzene rings is 1. The third-order valence-corrected chi connectivity index (χ3v) is 8.31. The third kappa shape index (κ3) is 6.08. The molecule has 2 aromatic heterocycles. The molecule has 9 nitrogen and oxygen atoms in total. The molecule has 2 atom stereocenters. The van der Waals surface area contributed by atoms with Gasteiger partial charge in [0.15, 0.2) is 16.1 Å². The zero-order chi connectivity index (χ0) is 26.5. The summed E-state index contributed by atoms with van der Waals surface area (Å²) in [5, 5.41) is 8.14. The summed E-state index contributed by atoms with van der Waals surface area (Å²) in [6.45, 7) is 9.82. The standard InChI is InChI=1S/C26H35ClN6O3S/c1-5-15(6-2)28-20-14-33(13-12-18(20)30-24(34)23-29-17(7-3)22(27)32-23)26-31-19-11-9-10-16(21(19)37-26)25(35)36-8-4/h9-11,15,18,20,28H,5-8,12-14H2,1-4H3,(H,29,32)(H,30,34)/t18-,20+/m0/s1. The number of carbonyl (C=O) groups excluding carboxylic acids is 2. The van der Waals surface area contributed by atoms with Gasteiger partial charge in [0.2, 0.25) is 0 Å². The Labute approximate surface area is 226 Å². The van der Waals surface area contributed by atoms with E-state index >= 15 is 0 Å². The number of amides is 1. The summed E-state index contributed by atoms with van der Waals surface area (Å²) < 4.78 is 6.07. The lowest BCUT2D eigenvalue weighted by molar-refractivity contribution is 0.0528. The van der Waals surface area contributed by atoms with Gasteiger partial charge in [0.25, 0.3) is 5.91 Å². The van der Waals surface area contributed by atoms with Crippen LogP contribution < -0.4 is 15.5 Å². The van der Waals surface area contributed by atoms with E-state index in [1.807, 2.05) is 19.1 Å². The van der Waals surface area contributed by atoms with E-state index in [1.165, 1.54) is 11.3 Å². The highest BCUT2D eigenvalue weighted by Gasteiger charge is 2.33. The van der Waals surface area contributed by atoms with Crippen LogP contribution in [0, 0.1) is 0 Å². The number of ether oxygens (including phenoxy) is 1. The van der Waals surface area contributed by atoms with Gasteiger partial charge < -0.3 is 25.3 Å². The van der Waals surface area contributed by atoms with Crippen molar-refractivity contribution in [2.45, 2.75) is 71.5 Å². The van der Waals surface area contributed by atoms with Gasteiger partial charge in [-0.25, -0.2) is 14.8 Å². The van der Waals surface area contributed by atoms with Gasteiger partial charge >= 0.3 is 5.97 Å². The molecule has 200 valence electrons. The summed E-state index contributed by atoms with van der Waals surface area (Å²) in [5.41, 5.74) is 2.08. The summed E-state index contributed by atoms with van der Waals surface area (Å²) in [5.74, 6) is -0.346. The lowest BCUT2D eigenvalue weighted by Gasteiger charge is -2.40. The van der Waals surface area contributed by atoms with Gasteiger partial charge in [-0.3, -0.25) is 4.79 Å². The summed E-state index contributed by atoms with van der Waals surface area (Å²) >= 11 is 7.66. The number of hydrogen-bond donors (Lipinski definition) is 3. The summed E-state index contributed by atoms with van der Waals surface area (Å²) in [4.78, 5) is 39.8. The minimum Gasteiger partial charge on any atom is -0.462 e. The van der Waals surface area contributed by atoms with Crippen LogP contribution in [-0.4, -0.2) is 64.7 Å². The Morgan fingerprint density at radius 3 is 2.68 bits per heavy atom. The highest BCUT2D eigenvalue weighted by atomic mass is 35.5. The number of thiazole rings is 1. The second-order valence-electron chi connectivity index (χ2n) is 9.18. The second-order valence-corrected chi connectivity index (χ2v) is 10.5. The number of aromatic amines is 1. The Morgan fingerprint density at radius 1 is 1.22 bits per heavy atom. The van der Waals surface area contributed by atoms with Crippen LogP contribution in [0.15, 0.2) is 18.2 Å². The number of esters is 1. The van der Waals surface area contributed by atoms with Crippen molar-refractivity contribution in [2.75, 3.05) is 24.6 Å². The number of anilines is 1. The fourth-order valence-electron chi connectivity index (χ4n) is 4.70. The van der Waals surface area contributed by atoms with Crippen molar-refractivity contribution in [1.82, 2.24) is 25.6 Å². The Morgan fingerprint density at radius 2 is 2.00 bits per heavy atom. The molecule has 0 spiro atoms. The Bertz CT molecular complexity index is 1240. The van der Waals surface area contributed by atoms with E-state index in [2.05, 4.69) is 39.3 Å². The quantitative estimate of drug-likeness (QED) is 0.319. The zero-order valence-electron chi connectivity index (χ0n) is 21.8. The van der Waals surface area contributed by atoms with E-state index in [-0.39, 0.29) is 29.8 Å². The molecule has 37 heavy (non-hydrogen) atoms. The largest absolute Gasteiger partial charge is 0.462 e. The molecule has 1 saturated heterocycles. The predicted molar refractivity (Wildman–Crippen MR) is 148 cm³/mol. The third-order valence-electron chi connectivity index (χ3n) is 6.83. The first-order valence-corrected chi connectivity index (χ1v) is 14.2. The van der Waals surface area contributed by atoms with Crippen LogP contribution in [0.1, 0.15) is 73.6 Å². The molecule has 3 heterocycles. The molecule has 3 aromatic rings. The summed E-state index contributed by atoms with van der Waals surface area (Å²) in [6, 6.07) is 5.80. The first-order valence-electron chi connectivity index (χ1n) is 13.0. The van der Waals surface area contributed by atoms with E-state index in [0.717, 1.165) is 46.8 Å². The van der Waals surface area contributed by atoms with E-state index in [4.69, 9.17) is 21.3 Å². The number of fused-ring (bicyclic) bond motifs is 1. The van der Waals surface area contributed by atoms with Crippen LogP contribution in [0.3, 0.4) is 0 Å². The van der Waals surface area contributed by atoms with Gasteiger partial charge in [0, 0.05) is 31.2 Å². The Hall–Kier alpha value is -2.69. The number of imidazole rings is 1. The molecule has 0 radical (unpaired) electrons. The monoisotopic (exact) mass is 546 g/mol. The normalized spacial score (nSPS) is 17.9. The van der Waals surface area contributed by atoms with Crippen LogP contribution >= 0.6 is 22.9 Å². The number of nitrogens with one attached hydrogen (secondary N) is 3. The number of aryl methyl sites for hydroxylation is 1. The Balaban J connectivity index is 1.55. The van der Waals surface area contributed by atoms with E-state index in [0.29, 0.717) is 36.3 Å². The molecule has 1 fully saturated rings. The number of H-pyrrole nitrogens is 1. The minimum atomic E-state index is -0.331. The number of nitrogens with zero attached hydrogens (tertiary/aromatic N) is 3. The Kier molecular flexibility index (Phi) is 9.04. The van der Waals surface area contributed by atoms with Crippen molar-refractivity contribution in [3.05, 3.63) is 40.4 Å². The molecule has 0 bridgehead atoms. The maximum atomic E-state index is 13.0. The van der Waals surface area contributed by atoms with Gasteiger partial charge in [-0.05, 0) is 44.7 Å². The van der Waals surface area contributed by atoms with E-state index in [1.54, 1.807) is 13.0 Å². The highest BCUT2D eigenvalue weighted by molar-refractivity contribution is 7.22. The fourth-order valence-corrected chi connectivity index (χ4v) is 6.07. The topological polar surface area (TPSA) is 112 Å². The molecule has 0 saturated carbocycles. The molecule has 1 amide bonds. The van der Waals surface area contributed by atoms with Crippen LogP contribution in [0.25, 0.3) is 10.2 Å². The molecule has 4 rings (SSSR count). The molecule has 3 N–H and O–H groups in total. The maximum Gasteiger partial charge on any atom is 0.339 e. The van der Waals surface area contributed by atoms with Crippen molar-refractivity contribution in [3.8, 4) is 0 Å². The lowest BCUT2D eigenvalue weighted by Crippen LogP contribution is -2.61. The molecule has 1 aromatic carbocycles. The molecule has 0 aliphatic carbocycles. The van der Waals surface area contributed by atoms with Gasteiger partial charge in [0.05, 0.1) is 28.1 Å². The number of carbonyl (C=O) groups is 2. The average molecular weight is 547 g/mol. The number of piperidine rings is 1. The van der Waals surface area contributed by atoms with Crippen LogP contribution in [0.5, 0.6) is 0 Å².